The summed E-state index contributed by atoms with van der Waals surface area (Å²) in [4.78, 5) is 35.7. The Balaban J connectivity index is 0.00000363. The maximum atomic E-state index is 12.5. The van der Waals surface area contributed by atoms with Crippen LogP contribution in [0.1, 0.15) is 18.7 Å². The fourth-order valence-electron chi connectivity index (χ4n) is 2.76. The maximum Gasteiger partial charge on any atom is 0.342 e. The van der Waals surface area contributed by atoms with E-state index in [9.17, 15) is 30.1 Å². The molecule has 0 aliphatic heterocycles. The van der Waals surface area contributed by atoms with E-state index in [2.05, 4.69) is 15.2 Å². The molecule has 3 aromatic rings. The molecule has 0 fully saturated rings. The number of aromatic amines is 1. The van der Waals surface area contributed by atoms with Crippen molar-refractivity contribution >= 4 is 28.7 Å². The molecule has 3 rings (SSSR count). The first kappa shape index (κ1) is 21.1. The first-order valence-electron chi connectivity index (χ1n) is 8.85. The number of esters is 1. The highest BCUT2D eigenvalue weighted by Crippen LogP contribution is 2.40. The Morgan fingerprint density at radius 3 is 2.45 bits per heavy atom. The molecule has 12 heteroatoms. The Morgan fingerprint density at radius 1 is 1.13 bits per heavy atom. The highest BCUT2D eigenvalue weighted by atomic mass is 16.6. The molecule has 0 amide bonds. The third kappa shape index (κ3) is 4.37. The van der Waals surface area contributed by atoms with Gasteiger partial charge in [0.2, 0.25) is 5.88 Å². The number of ether oxygens (including phenoxy) is 1. The topological polar surface area (TPSA) is 173 Å². The predicted molar refractivity (Wildman–Crippen MR) is 110 cm³/mol. The van der Waals surface area contributed by atoms with E-state index < -0.39 is 33.1 Å². The standard InChI is InChI=1S/C19H15N5O7.H2/c1-2-31-19(26)15-16(11-6-4-3-5-7-11)20-18(25)17(15)22-21-13-9-8-12(23(27)28)10-14(13)24(29)30;/h3-10,20,25H,2H2,1H3;1H. The molecule has 0 atom stereocenters. The molecule has 0 aliphatic rings. The SMILES string of the molecule is CCOC(=O)c1c(-c2ccccc2)[nH]c(O)c1N=Nc1ccc([N+](=O)[O-])cc1[N+](=O)[O-].[HH]. The Morgan fingerprint density at radius 2 is 1.84 bits per heavy atom. The van der Waals surface area contributed by atoms with Crippen LogP contribution in [0.5, 0.6) is 5.88 Å². The number of H-pyrrole nitrogens is 1. The molecular weight excluding hydrogens is 410 g/mol. The van der Waals surface area contributed by atoms with E-state index in [-0.39, 0.29) is 30.7 Å². The molecule has 2 aromatic carbocycles. The van der Waals surface area contributed by atoms with Gasteiger partial charge in [-0.2, -0.15) is 0 Å². The van der Waals surface area contributed by atoms with Crippen LogP contribution in [0.4, 0.5) is 22.7 Å². The molecule has 1 heterocycles. The van der Waals surface area contributed by atoms with Crippen LogP contribution in [0.3, 0.4) is 0 Å². The first-order chi connectivity index (χ1) is 14.8. The van der Waals surface area contributed by atoms with Crippen LogP contribution < -0.4 is 0 Å². The Hall–Kier alpha value is -4.61. The lowest BCUT2D eigenvalue weighted by atomic mass is 10.1. The Labute approximate surface area is 175 Å². The van der Waals surface area contributed by atoms with Gasteiger partial charge in [-0.05, 0) is 18.6 Å². The number of non-ortho nitro benzene ring substituents is 1. The van der Waals surface area contributed by atoms with Gasteiger partial charge in [-0.15, -0.1) is 10.2 Å². The highest BCUT2D eigenvalue weighted by molar-refractivity contribution is 6.03. The number of rotatable bonds is 7. The van der Waals surface area contributed by atoms with Crippen molar-refractivity contribution < 1.29 is 25.9 Å². The second-order valence-corrected chi connectivity index (χ2v) is 6.05. The van der Waals surface area contributed by atoms with Gasteiger partial charge in [-0.3, -0.25) is 20.2 Å². The number of carbonyl (C=O) groups excluding carboxylic acids is 1. The van der Waals surface area contributed by atoms with Crippen molar-refractivity contribution in [1.82, 2.24) is 4.98 Å². The molecule has 0 spiro atoms. The summed E-state index contributed by atoms with van der Waals surface area (Å²) in [6.07, 6.45) is 0. The number of hydrogen-bond donors (Lipinski definition) is 2. The molecule has 0 saturated heterocycles. The van der Waals surface area contributed by atoms with Gasteiger partial charge in [-0.25, -0.2) is 4.79 Å². The van der Waals surface area contributed by atoms with E-state index in [0.29, 0.717) is 5.56 Å². The molecule has 0 radical (unpaired) electrons. The number of nitro groups is 2. The minimum Gasteiger partial charge on any atom is -0.493 e. The van der Waals surface area contributed by atoms with E-state index in [1.54, 1.807) is 37.3 Å². The number of nitrogens with zero attached hydrogens (tertiary/aromatic N) is 4. The summed E-state index contributed by atoms with van der Waals surface area (Å²) >= 11 is 0. The summed E-state index contributed by atoms with van der Waals surface area (Å²) in [5.41, 5.74) is -1.06. The van der Waals surface area contributed by atoms with E-state index in [4.69, 9.17) is 4.74 Å². The highest BCUT2D eigenvalue weighted by Gasteiger charge is 2.26. The Bertz CT molecular complexity index is 1190. The second-order valence-electron chi connectivity index (χ2n) is 6.05. The van der Waals surface area contributed by atoms with Gasteiger partial charge in [0.25, 0.3) is 5.69 Å². The fraction of sp³-hybridized carbons (Fsp3) is 0.105. The van der Waals surface area contributed by atoms with Crippen LogP contribution in [-0.4, -0.2) is 32.5 Å². The van der Waals surface area contributed by atoms with Gasteiger partial charge in [0.15, 0.2) is 11.4 Å². The van der Waals surface area contributed by atoms with Crippen molar-refractivity contribution in [3.8, 4) is 17.1 Å². The Kier molecular flexibility index (Phi) is 6.00. The largest absolute Gasteiger partial charge is 0.493 e. The van der Waals surface area contributed by atoms with Crippen LogP contribution in [0.25, 0.3) is 11.3 Å². The lowest BCUT2D eigenvalue weighted by molar-refractivity contribution is -0.393. The van der Waals surface area contributed by atoms with Crippen LogP contribution in [0, 0.1) is 20.2 Å². The molecule has 31 heavy (non-hydrogen) atoms. The summed E-state index contributed by atoms with van der Waals surface area (Å²) in [5, 5.41) is 40.0. The summed E-state index contributed by atoms with van der Waals surface area (Å²) in [6.45, 7) is 1.66. The summed E-state index contributed by atoms with van der Waals surface area (Å²) in [6, 6.07) is 11.4. The number of hydrogen-bond acceptors (Lipinski definition) is 9. The van der Waals surface area contributed by atoms with Crippen LogP contribution in [-0.2, 0) is 4.74 Å². The number of nitro benzene ring substituents is 2. The number of benzene rings is 2. The van der Waals surface area contributed by atoms with E-state index >= 15 is 0 Å². The number of carbonyl (C=O) groups is 1. The summed E-state index contributed by atoms with van der Waals surface area (Å²) in [7, 11) is 0. The van der Waals surface area contributed by atoms with E-state index in [1.807, 2.05) is 0 Å². The van der Waals surface area contributed by atoms with Crippen LogP contribution in [0.15, 0.2) is 58.8 Å². The van der Waals surface area contributed by atoms with Gasteiger partial charge >= 0.3 is 11.7 Å². The molecule has 1 aromatic heterocycles. The zero-order valence-corrected chi connectivity index (χ0v) is 16.0. The molecular formula is C19H17N5O7. The number of azo groups is 1. The van der Waals surface area contributed by atoms with Crippen LogP contribution >= 0.6 is 0 Å². The van der Waals surface area contributed by atoms with Crippen LogP contribution in [0.2, 0.25) is 0 Å². The molecule has 0 unspecified atom stereocenters. The van der Waals surface area contributed by atoms with Crippen molar-refractivity contribution in [2.45, 2.75) is 6.92 Å². The fourth-order valence-corrected chi connectivity index (χ4v) is 2.76. The lowest BCUT2D eigenvalue weighted by Gasteiger charge is -2.04. The average Bonchev–Trinajstić information content (AvgIpc) is 3.09. The zero-order valence-electron chi connectivity index (χ0n) is 16.0. The van der Waals surface area contributed by atoms with Crippen molar-refractivity contribution in [3.05, 3.63) is 74.3 Å². The van der Waals surface area contributed by atoms with Gasteiger partial charge in [0, 0.05) is 7.49 Å². The van der Waals surface area contributed by atoms with Crippen molar-refractivity contribution in [3.63, 3.8) is 0 Å². The quantitative estimate of drug-likeness (QED) is 0.230. The molecule has 0 saturated carbocycles. The van der Waals surface area contributed by atoms with Gasteiger partial charge < -0.3 is 14.8 Å². The van der Waals surface area contributed by atoms with E-state index in [1.165, 1.54) is 0 Å². The van der Waals surface area contributed by atoms with Gasteiger partial charge in [0.1, 0.15) is 5.56 Å². The van der Waals surface area contributed by atoms with Crippen molar-refractivity contribution in [2.75, 3.05) is 6.61 Å². The molecule has 160 valence electrons. The summed E-state index contributed by atoms with van der Waals surface area (Å²) < 4.78 is 5.05. The second kappa shape index (κ2) is 8.82. The molecule has 0 aliphatic carbocycles. The number of nitrogens with one attached hydrogen (secondary N) is 1. The average molecular weight is 427 g/mol. The molecule has 2 N–H and O–H groups in total. The smallest absolute Gasteiger partial charge is 0.342 e. The van der Waals surface area contributed by atoms with Crippen molar-refractivity contribution in [1.29, 1.82) is 0 Å². The predicted octanol–water partition coefficient (Wildman–Crippen LogP) is 5.04. The lowest BCUT2D eigenvalue weighted by Crippen LogP contribution is -2.05. The maximum absolute atomic E-state index is 12.5. The third-order valence-corrected chi connectivity index (χ3v) is 4.12. The normalized spacial score (nSPS) is 10.9. The first-order valence-corrected chi connectivity index (χ1v) is 8.85. The monoisotopic (exact) mass is 427 g/mol. The minimum absolute atomic E-state index is 0. The van der Waals surface area contributed by atoms with Gasteiger partial charge in [0.05, 0.1) is 28.2 Å². The van der Waals surface area contributed by atoms with E-state index in [0.717, 1.165) is 18.2 Å². The summed E-state index contributed by atoms with van der Waals surface area (Å²) in [5.74, 6) is -1.29. The zero-order chi connectivity index (χ0) is 22.5. The van der Waals surface area contributed by atoms with Gasteiger partial charge in [-0.1, -0.05) is 30.3 Å². The third-order valence-electron chi connectivity index (χ3n) is 4.12. The number of aromatic nitrogens is 1. The number of aromatic hydroxyl groups is 1. The molecule has 12 nitrogen and oxygen atoms in total. The minimum atomic E-state index is -0.847. The van der Waals surface area contributed by atoms with Crippen molar-refractivity contribution in [2.24, 2.45) is 10.2 Å². The molecule has 0 bridgehead atoms.